The maximum absolute atomic E-state index is 14.0. The van der Waals surface area contributed by atoms with Crippen molar-refractivity contribution in [2.45, 2.75) is 12.8 Å². The molecule has 5 heteroatoms. The molecule has 1 aliphatic carbocycles. The molecule has 2 rings (SSSR count). The van der Waals surface area contributed by atoms with Gasteiger partial charge in [-0.3, -0.25) is 0 Å². The Labute approximate surface area is 113 Å². The van der Waals surface area contributed by atoms with Crippen molar-refractivity contribution in [3.05, 3.63) is 65.0 Å². The summed E-state index contributed by atoms with van der Waals surface area (Å²) in [7, 11) is 0. The molecule has 0 saturated carbocycles. The molecule has 20 heavy (non-hydrogen) atoms. The Kier molecular flexibility index (Phi) is 4.08. The largest absolute Gasteiger partial charge is 0.478 e. The number of rotatable bonds is 2. The van der Waals surface area contributed by atoms with Gasteiger partial charge in [-0.15, -0.1) is 0 Å². The van der Waals surface area contributed by atoms with E-state index in [0.717, 1.165) is 24.3 Å². The van der Waals surface area contributed by atoms with Crippen LogP contribution in [-0.4, -0.2) is 11.1 Å². The van der Waals surface area contributed by atoms with Gasteiger partial charge in [-0.05, 0) is 48.3 Å². The molecule has 0 heterocycles. The third-order valence-corrected chi connectivity index (χ3v) is 2.97. The number of benzene rings is 1. The fourth-order valence-electron chi connectivity index (χ4n) is 1.95. The molecule has 0 bridgehead atoms. The second-order valence-corrected chi connectivity index (χ2v) is 4.29. The van der Waals surface area contributed by atoms with Crippen LogP contribution in [0.5, 0.6) is 0 Å². The molecule has 0 radical (unpaired) electrons. The zero-order valence-electron chi connectivity index (χ0n) is 10.4. The Hall–Kier alpha value is -2.30. The summed E-state index contributed by atoms with van der Waals surface area (Å²) in [6.45, 7) is 0. The van der Waals surface area contributed by atoms with Crippen LogP contribution in [0.2, 0.25) is 0 Å². The number of allylic oxidation sites excluding steroid dienone is 4. The topological polar surface area (TPSA) is 37.3 Å². The van der Waals surface area contributed by atoms with Crippen LogP contribution >= 0.6 is 0 Å². The highest BCUT2D eigenvalue weighted by Crippen LogP contribution is 2.29. The molecule has 0 aliphatic heterocycles. The van der Waals surface area contributed by atoms with Gasteiger partial charge in [0, 0.05) is 0 Å². The second-order valence-electron chi connectivity index (χ2n) is 4.29. The number of carboxylic acid groups (broad SMARTS) is 1. The van der Waals surface area contributed by atoms with Gasteiger partial charge in [0.25, 0.3) is 0 Å². The molecule has 0 spiro atoms. The molecule has 1 aromatic rings. The fourth-order valence-corrected chi connectivity index (χ4v) is 1.95. The molecule has 0 saturated heterocycles. The lowest BCUT2D eigenvalue weighted by Gasteiger charge is -2.10. The first-order valence-corrected chi connectivity index (χ1v) is 5.94. The summed E-state index contributed by atoms with van der Waals surface area (Å²) in [6, 6.07) is 3.16. The van der Waals surface area contributed by atoms with Gasteiger partial charge in [0.05, 0.1) is 5.57 Å². The van der Waals surface area contributed by atoms with Crippen LogP contribution in [0.1, 0.15) is 18.4 Å². The van der Waals surface area contributed by atoms with Crippen molar-refractivity contribution in [3.63, 3.8) is 0 Å². The van der Waals surface area contributed by atoms with E-state index in [-0.39, 0.29) is 23.1 Å². The zero-order valence-corrected chi connectivity index (χ0v) is 10.4. The summed E-state index contributed by atoms with van der Waals surface area (Å²) in [5.41, 5.74) is 0.476. The Bertz CT molecular complexity index is 643. The lowest BCUT2D eigenvalue weighted by Crippen LogP contribution is -2.00. The van der Waals surface area contributed by atoms with Crippen LogP contribution in [0.15, 0.2) is 47.8 Å². The van der Waals surface area contributed by atoms with Gasteiger partial charge in [0.1, 0.15) is 5.83 Å². The Morgan fingerprint density at radius 1 is 1.10 bits per heavy atom. The maximum Gasteiger partial charge on any atom is 0.335 e. The minimum atomic E-state index is -1.13. The smallest absolute Gasteiger partial charge is 0.335 e. The van der Waals surface area contributed by atoms with Crippen molar-refractivity contribution in [1.29, 1.82) is 0 Å². The molecule has 1 aliphatic rings. The molecule has 0 fully saturated rings. The minimum Gasteiger partial charge on any atom is -0.478 e. The molecular formula is C15H11F3O2. The number of carboxylic acids is 1. The van der Waals surface area contributed by atoms with Gasteiger partial charge < -0.3 is 5.11 Å². The van der Waals surface area contributed by atoms with E-state index < -0.39 is 23.4 Å². The number of halogens is 3. The van der Waals surface area contributed by atoms with E-state index in [1.807, 2.05) is 0 Å². The Morgan fingerprint density at radius 3 is 2.50 bits per heavy atom. The summed E-state index contributed by atoms with van der Waals surface area (Å²) in [6.07, 6.45) is 4.14. The molecule has 0 aromatic heterocycles. The number of hydrogen-bond acceptors (Lipinski definition) is 1. The highest BCUT2D eigenvalue weighted by atomic mass is 19.2. The molecule has 1 aromatic carbocycles. The van der Waals surface area contributed by atoms with Gasteiger partial charge in [0.2, 0.25) is 0 Å². The lowest BCUT2D eigenvalue weighted by atomic mass is 9.97. The highest BCUT2D eigenvalue weighted by Gasteiger charge is 2.13. The number of aliphatic carboxylic acids is 1. The Morgan fingerprint density at radius 2 is 1.85 bits per heavy atom. The van der Waals surface area contributed by atoms with E-state index in [4.69, 9.17) is 5.11 Å². The third-order valence-electron chi connectivity index (χ3n) is 2.97. The van der Waals surface area contributed by atoms with Gasteiger partial charge in [-0.25, -0.2) is 18.0 Å². The number of carbonyl (C=O) groups is 1. The van der Waals surface area contributed by atoms with Crippen molar-refractivity contribution in [3.8, 4) is 0 Å². The monoisotopic (exact) mass is 280 g/mol. The quantitative estimate of drug-likeness (QED) is 0.888. The molecular weight excluding hydrogens is 269 g/mol. The van der Waals surface area contributed by atoms with Gasteiger partial charge in [-0.1, -0.05) is 12.1 Å². The van der Waals surface area contributed by atoms with Crippen LogP contribution in [0, 0.1) is 11.6 Å². The van der Waals surface area contributed by atoms with E-state index in [0.29, 0.717) is 6.42 Å². The average molecular weight is 280 g/mol. The van der Waals surface area contributed by atoms with Gasteiger partial charge >= 0.3 is 5.97 Å². The summed E-state index contributed by atoms with van der Waals surface area (Å²) in [4.78, 5) is 10.8. The van der Waals surface area contributed by atoms with Crippen LogP contribution < -0.4 is 0 Å². The highest BCUT2D eigenvalue weighted by molar-refractivity contribution is 5.90. The fraction of sp³-hybridized carbons (Fsp3) is 0.133. The van der Waals surface area contributed by atoms with E-state index in [2.05, 4.69) is 0 Å². The summed E-state index contributed by atoms with van der Waals surface area (Å²) in [5.74, 6) is -3.83. The minimum absolute atomic E-state index is 0.00415. The van der Waals surface area contributed by atoms with Crippen LogP contribution in [0.3, 0.4) is 0 Å². The van der Waals surface area contributed by atoms with Crippen LogP contribution in [0.25, 0.3) is 5.57 Å². The third kappa shape index (κ3) is 2.99. The molecule has 0 amide bonds. The lowest BCUT2D eigenvalue weighted by molar-refractivity contribution is -0.132. The first-order chi connectivity index (χ1) is 9.49. The predicted molar refractivity (Wildman–Crippen MR) is 68.5 cm³/mol. The van der Waals surface area contributed by atoms with Crippen molar-refractivity contribution in [2.75, 3.05) is 0 Å². The summed E-state index contributed by atoms with van der Waals surface area (Å²) >= 11 is 0. The number of hydrogen-bond donors (Lipinski definition) is 1. The normalized spacial score (nSPS) is 15.7. The summed E-state index contributed by atoms with van der Waals surface area (Å²) < 4.78 is 40.1. The van der Waals surface area contributed by atoms with Crippen molar-refractivity contribution in [2.24, 2.45) is 0 Å². The molecule has 1 N–H and O–H groups in total. The van der Waals surface area contributed by atoms with Gasteiger partial charge in [-0.2, -0.15) is 0 Å². The van der Waals surface area contributed by atoms with E-state index in [1.54, 1.807) is 0 Å². The first-order valence-electron chi connectivity index (χ1n) is 5.94. The van der Waals surface area contributed by atoms with E-state index in [9.17, 15) is 18.0 Å². The standard InChI is InChI=1S/C15H11F3O2/c16-12-6-4-9(15(19)20)2-1-3-11(12)10-5-7-13(17)14(18)8-10/h2,4-8H,1,3H2,(H,19,20). The van der Waals surface area contributed by atoms with Crippen LogP contribution in [0.4, 0.5) is 13.2 Å². The van der Waals surface area contributed by atoms with E-state index >= 15 is 0 Å². The molecule has 2 nitrogen and oxygen atoms in total. The average Bonchev–Trinajstić information content (AvgIpc) is 2.38. The maximum atomic E-state index is 14.0. The van der Waals surface area contributed by atoms with Crippen molar-refractivity contribution < 1.29 is 23.1 Å². The SMILES string of the molecule is O=C(O)C1=CCCC(c2ccc(F)c(F)c2)=C(F)C=C1. The Balaban J connectivity index is 2.39. The van der Waals surface area contributed by atoms with Crippen LogP contribution in [-0.2, 0) is 4.79 Å². The zero-order chi connectivity index (χ0) is 14.7. The van der Waals surface area contributed by atoms with E-state index in [1.165, 1.54) is 12.1 Å². The first kappa shape index (κ1) is 14.1. The summed E-state index contributed by atoms with van der Waals surface area (Å²) in [5, 5.41) is 8.84. The molecule has 0 unspecified atom stereocenters. The van der Waals surface area contributed by atoms with Gasteiger partial charge in [0.15, 0.2) is 11.6 Å². The second kappa shape index (κ2) is 5.77. The van der Waals surface area contributed by atoms with Crippen molar-refractivity contribution in [1.82, 2.24) is 0 Å². The molecule has 0 atom stereocenters. The van der Waals surface area contributed by atoms with Crippen molar-refractivity contribution >= 4 is 11.5 Å². The molecule has 104 valence electrons. The predicted octanol–water partition coefficient (Wildman–Crippen LogP) is 4.01.